The molecule has 0 unspecified atom stereocenters. The first-order valence-electron chi connectivity index (χ1n) is 16.7. The van der Waals surface area contributed by atoms with E-state index < -0.39 is 6.04 Å². The number of nitrogens with zero attached hydrogens (tertiary/aromatic N) is 4. The van der Waals surface area contributed by atoms with Crippen LogP contribution < -0.4 is 21.6 Å². The summed E-state index contributed by atoms with van der Waals surface area (Å²) in [5.41, 5.74) is 4.70. The second-order valence-electron chi connectivity index (χ2n) is 12.5. The van der Waals surface area contributed by atoms with E-state index in [-0.39, 0.29) is 41.7 Å². The van der Waals surface area contributed by atoms with Gasteiger partial charge in [-0.1, -0.05) is 20.3 Å². The fraction of sp³-hybridized carbons (Fsp3) is 0.457. The zero-order valence-electron chi connectivity index (χ0n) is 28.0. The molecular weight excluding hydrogens is 612 g/mol. The number of aryl methyl sites for hydroxylation is 3. The zero-order valence-corrected chi connectivity index (χ0v) is 28.0. The van der Waals surface area contributed by atoms with E-state index in [1.165, 1.54) is 0 Å². The summed E-state index contributed by atoms with van der Waals surface area (Å²) in [7, 11) is 0. The molecule has 2 bridgehead atoms. The zero-order chi connectivity index (χ0) is 34.4. The lowest BCUT2D eigenvalue weighted by molar-refractivity contribution is -0.130. The van der Waals surface area contributed by atoms with Gasteiger partial charge in [-0.3, -0.25) is 23.7 Å². The van der Waals surface area contributed by atoms with Crippen molar-refractivity contribution in [2.24, 2.45) is 5.92 Å². The van der Waals surface area contributed by atoms with Crippen LogP contribution in [0.25, 0.3) is 22.1 Å². The van der Waals surface area contributed by atoms with Crippen molar-refractivity contribution in [3.8, 4) is 0 Å². The van der Waals surface area contributed by atoms with Crippen LogP contribution in [0.5, 0.6) is 0 Å². The van der Waals surface area contributed by atoms with Gasteiger partial charge in [0.25, 0.3) is 11.8 Å². The fourth-order valence-corrected chi connectivity index (χ4v) is 5.89. The van der Waals surface area contributed by atoms with Crippen molar-refractivity contribution < 1.29 is 19.2 Å². The lowest BCUT2D eigenvalue weighted by atomic mass is 9.98. The lowest BCUT2D eigenvalue weighted by Gasteiger charge is -2.25. The van der Waals surface area contributed by atoms with Gasteiger partial charge in [-0.2, -0.15) is 0 Å². The highest BCUT2D eigenvalue weighted by molar-refractivity contribution is 5.98. The number of H-pyrrole nitrogens is 1. The second kappa shape index (κ2) is 15.2. The molecule has 13 heteroatoms. The first-order valence-corrected chi connectivity index (χ1v) is 16.7. The number of carbonyl (C=O) groups is 4. The second-order valence-corrected chi connectivity index (χ2v) is 12.5. The van der Waals surface area contributed by atoms with Crippen LogP contribution in [-0.4, -0.2) is 80.3 Å². The van der Waals surface area contributed by atoms with Crippen LogP contribution >= 0.6 is 0 Å². The van der Waals surface area contributed by atoms with Crippen molar-refractivity contribution in [1.82, 2.24) is 40.4 Å². The van der Waals surface area contributed by atoms with Crippen LogP contribution in [0.4, 0.5) is 0 Å². The van der Waals surface area contributed by atoms with Gasteiger partial charge in [0.15, 0.2) is 0 Å². The van der Waals surface area contributed by atoms with Gasteiger partial charge in [0, 0.05) is 50.3 Å². The van der Waals surface area contributed by atoms with E-state index in [2.05, 4.69) is 30.9 Å². The van der Waals surface area contributed by atoms with E-state index >= 15 is 0 Å². The van der Waals surface area contributed by atoms with Crippen LogP contribution in [0.15, 0.2) is 41.2 Å². The number of fused-ring (bicyclic) bond motifs is 2. The Kier molecular flexibility index (Phi) is 10.9. The number of amides is 4. The van der Waals surface area contributed by atoms with Gasteiger partial charge in [-0.05, 0) is 75.4 Å². The molecule has 5 rings (SSSR count). The summed E-state index contributed by atoms with van der Waals surface area (Å²) in [5.74, 6) is -1.16. The topological polar surface area (TPSA) is 171 Å². The SMILES string of the molecule is CC[C@H](C)[C@@H]1NC(=O)CCCN(C(=O)c2ccc3nc(C)c(C)nc3c2)CCCNC(=O)c2ccc3[nH]c(=O)n(c3c2)CCCNC1=O. The van der Waals surface area contributed by atoms with Crippen LogP contribution in [0.1, 0.15) is 78.1 Å². The van der Waals surface area contributed by atoms with Gasteiger partial charge in [-0.25, -0.2) is 14.8 Å². The number of nitrogens with one attached hydrogen (secondary N) is 4. The molecule has 13 nitrogen and oxygen atoms in total. The molecule has 1 aliphatic rings. The van der Waals surface area contributed by atoms with Crippen LogP contribution in [0.3, 0.4) is 0 Å². The normalized spacial score (nSPS) is 18.2. The van der Waals surface area contributed by atoms with Crippen molar-refractivity contribution in [3.05, 3.63) is 69.4 Å². The molecule has 48 heavy (non-hydrogen) atoms. The van der Waals surface area contributed by atoms with Crippen molar-refractivity contribution in [1.29, 1.82) is 0 Å². The largest absolute Gasteiger partial charge is 0.354 e. The van der Waals surface area contributed by atoms with Crippen molar-refractivity contribution in [2.45, 2.75) is 72.4 Å². The number of carbonyl (C=O) groups excluding carboxylic acids is 4. The molecule has 1 aliphatic heterocycles. The molecule has 4 amide bonds. The Balaban J connectivity index is 1.38. The molecule has 0 saturated heterocycles. The molecule has 3 heterocycles. The van der Waals surface area contributed by atoms with Gasteiger partial charge in [-0.15, -0.1) is 0 Å². The maximum absolute atomic E-state index is 13.8. The summed E-state index contributed by atoms with van der Waals surface area (Å²) >= 11 is 0. The third kappa shape index (κ3) is 7.89. The Bertz CT molecular complexity index is 1900. The molecule has 0 saturated carbocycles. The first kappa shape index (κ1) is 34.3. The van der Waals surface area contributed by atoms with E-state index in [4.69, 9.17) is 0 Å². The molecule has 0 radical (unpaired) electrons. The fourth-order valence-electron chi connectivity index (χ4n) is 5.89. The van der Waals surface area contributed by atoms with E-state index in [1.54, 1.807) is 45.9 Å². The molecule has 4 aromatic rings. The monoisotopic (exact) mass is 656 g/mol. The van der Waals surface area contributed by atoms with Crippen molar-refractivity contribution in [3.63, 3.8) is 0 Å². The van der Waals surface area contributed by atoms with Gasteiger partial charge < -0.3 is 25.8 Å². The predicted octanol–water partition coefficient (Wildman–Crippen LogP) is 2.98. The Hall–Kier alpha value is -5.07. The average Bonchev–Trinajstić information content (AvgIpc) is 3.39. The lowest BCUT2D eigenvalue weighted by Crippen LogP contribution is -2.50. The number of hydrogen-bond donors (Lipinski definition) is 4. The quantitative estimate of drug-likeness (QED) is 0.263. The molecule has 0 fully saturated rings. The minimum absolute atomic E-state index is 0.100. The molecule has 254 valence electrons. The van der Waals surface area contributed by atoms with Crippen molar-refractivity contribution in [2.75, 3.05) is 26.2 Å². The highest BCUT2D eigenvalue weighted by atomic mass is 16.2. The Morgan fingerprint density at radius 1 is 0.896 bits per heavy atom. The standard InChI is InChI=1S/C35H44N8O5/c1-5-21(2)31-33(46)37-15-8-18-43-29-20-24(10-13-27(29)40-35(43)48)32(45)36-14-7-17-42(16-6-9-30(44)41-31)34(47)25-11-12-26-28(19-25)39-23(4)22(3)38-26/h10-13,19-21,31H,5-9,14-18H2,1-4H3,(H,36,45)(H,37,46)(H,40,48)(H,41,44)/t21-,31-/m0/s1. The summed E-state index contributed by atoms with van der Waals surface area (Å²) in [6, 6.07) is 9.58. The third-order valence-electron chi connectivity index (χ3n) is 9.04. The Morgan fingerprint density at radius 2 is 1.60 bits per heavy atom. The number of hydrogen-bond acceptors (Lipinski definition) is 7. The minimum atomic E-state index is -0.712. The molecule has 0 spiro atoms. The Morgan fingerprint density at radius 3 is 2.38 bits per heavy atom. The Labute approximate surface area is 278 Å². The van der Waals surface area contributed by atoms with Crippen molar-refractivity contribution >= 4 is 45.7 Å². The maximum Gasteiger partial charge on any atom is 0.326 e. The maximum atomic E-state index is 13.8. The highest BCUT2D eigenvalue weighted by Gasteiger charge is 2.26. The molecule has 4 N–H and O–H groups in total. The van der Waals surface area contributed by atoms with Crippen LogP contribution in [0, 0.1) is 19.8 Å². The third-order valence-corrected chi connectivity index (χ3v) is 9.04. The molecule has 2 aromatic heterocycles. The van der Waals surface area contributed by atoms with Gasteiger partial charge >= 0.3 is 5.69 Å². The van der Waals surface area contributed by atoms with Crippen LogP contribution in [-0.2, 0) is 16.1 Å². The summed E-state index contributed by atoms with van der Waals surface area (Å²) in [6.07, 6.45) is 2.16. The average molecular weight is 657 g/mol. The minimum Gasteiger partial charge on any atom is -0.354 e. The number of benzene rings is 2. The molecule has 2 atom stereocenters. The smallest absolute Gasteiger partial charge is 0.326 e. The number of aromatic amines is 1. The molecule has 0 aliphatic carbocycles. The van der Waals surface area contributed by atoms with Crippen LogP contribution in [0.2, 0.25) is 0 Å². The molecular formula is C35H44N8O5. The van der Waals surface area contributed by atoms with Gasteiger partial charge in [0.1, 0.15) is 6.04 Å². The number of aromatic nitrogens is 4. The van der Waals surface area contributed by atoms with E-state index in [9.17, 15) is 24.0 Å². The molecule has 2 aromatic carbocycles. The van der Waals surface area contributed by atoms with Gasteiger partial charge in [0.2, 0.25) is 11.8 Å². The van der Waals surface area contributed by atoms with Gasteiger partial charge in [0.05, 0.1) is 33.5 Å². The van der Waals surface area contributed by atoms with E-state index in [0.717, 1.165) is 11.4 Å². The first-order chi connectivity index (χ1) is 23.0. The summed E-state index contributed by atoms with van der Waals surface area (Å²) in [6.45, 7) is 9.24. The summed E-state index contributed by atoms with van der Waals surface area (Å²) < 4.78 is 1.55. The van der Waals surface area contributed by atoms with E-state index in [1.807, 2.05) is 27.7 Å². The number of rotatable bonds is 3. The summed E-state index contributed by atoms with van der Waals surface area (Å²) in [4.78, 5) is 79.5. The predicted molar refractivity (Wildman–Crippen MR) is 183 cm³/mol. The summed E-state index contributed by atoms with van der Waals surface area (Å²) in [5, 5.41) is 8.74. The number of imidazole rings is 1. The van der Waals surface area contributed by atoms with E-state index in [0.29, 0.717) is 91.6 Å². The highest BCUT2D eigenvalue weighted by Crippen LogP contribution is 2.18.